The Balaban J connectivity index is 2.34. The van der Waals surface area contributed by atoms with Crippen LogP contribution in [0, 0.1) is 6.92 Å². The molecule has 0 spiro atoms. The Labute approximate surface area is 116 Å². The Morgan fingerprint density at radius 3 is 2.72 bits per heavy atom. The topological polar surface area (TPSA) is 29.5 Å². The molecule has 18 heavy (non-hydrogen) atoms. The first kappa shape index (κ1) is 13.1. The zero-order valence-electron chi connectivity index (χ0n) is 10.4. The second-order valence-corrected chi connectivity index (χ2v) is 5.65. The quantitative estimate of drug-likeness (QED) is 0.615. The lowest BCUT2D eigenvalue weighted by molar-refractivity contribution is -0.121. The molecule has 0 N–H and O–H groups in total. The summed E-state index contributed by atoms with van der Waals surface area (Å²) in [6, 6.07) is 5.84. The summed E-state index contributed by atoms with van der Waals surface area (Å²) in [5, 5.41) is 0. The first-order chi connectivity index (χ1) is 8.52. The van der Waals surface area contributed by atoms with E-state index in [4.69, 9.17) is 17.0 Å². The van der Waals surface area contributed by atoms with Crippen LogP contribution in [-0.4, -0.2) is 29.3 Å². The molecule has 0 unspecified atom stereocenters. The van der Waals surface area contributed by atoms with Crippen LogP contribution in [0.1, 0.15) is 11.1 Å². The number of hydrogen-bond donors (Lipinski definition) is 0. The Hall–Kier alpha value is -1.33. The highest BCUT2D eigenvalue weighted by molar-refractivity contribution is 8.26. The van der Waals surface area contributed by atoms with Crippen LogP contribution in [-0.2, 0) is 4.79 Å². The molecule has 0 aromatic heterocycles. The number of rotatable bonds is 2. The van der Waals surface area contributed by atoms with E-state index in [1.54, 1.807) is 14.2 Å². The second kappa shape index (κ2) is 5.12. The molecule has 94 valence electrons. The highest BCUT2D eigenvalue weighted by Crippen LogP contribution is 2.32. The lowest BCUT2D eigenvalue weighted by atomic mass is 10.1. The van der Waals surface area contributed by atoms with E-state index in [1.165, 1.54) is 16.7 Å². The van der Waals surface area contributed by atoms with Gasteiger partial charge in [-0.1, -0.05) is 36.1 Å². The zero-order valence-corrected chi connectivity index (χ0v) is 12.0. The van der Waals surface area contributed by atoms with E-state index in [2.05, 4.69) is 0 Å². The molecule has 1 heterocycles. The van der Waals surface area contributed by atoms with Crippen LogP contribution in [0.25, 0.3) is 6.08 Å². The smallest absolute Gasteiger partial charge is 0.265 e. The second-order valence-electron chi connectivity index (χ2n) is 3.97. The Bertz CT molecular complexity index is 552. The number of thiocarbonyl (C=S) groups is 1. The molecule has 3 nitrogen and oxygen atoms in total. The maximum Gasteiger partial charge on any atom is 0.265 e. The molecular formula is C13H13NO2S2. The van der Waals surface area contributed by atoms with E-state index in [0.29, 0.717) is 9.23 Å². The molecule has 5 heteroatoms. The fourth-order valence-electron chi connectivity index (χ4n) is 1.62. The molecule has 0 bridgehead atoms. The highest BCUT2D eigenvalue weighted by Gasteiger charge is 2.28. The van der Waals surface area contributed by atoms with E-state index in [9.17, 15) is 4.79 Å². The predicted molar refractivity (Wildman–Crippen MR) is 78.7 cm³/mol. The van der Waals surface area contributed by atoms with Gasteiger partial charge in [-0.3, -0.25) is 9.69 Å². The first-order valence-electron chi connectivity index (χ1n) is 5.39. The van der Waals surface area contributed by atoms with E-state index < -0.39 is 0 Å². The van der Waals surface area contributed by atoms with E-state index >= 15 is 0 Å². The molecule has 1 aliphatic heterocycles. The van der Waals surface area contributed by atoms with Crippen LogP contribution >= 0.6 is 24.0 Å². The molecule has 1 amide bonds. The lowest BCUT2D eigenvalue weighted by Gasteiger charge is -2.05. The molecule has 0 saturated carbocycles. The van der Waals surface area contributed by atoms with Crippen LogP contribution in [0.4, 0.5) is 0 Å². The van der Waals surface area contributed by atoms with Crippen LogP contribution in [0.2, 0.25) is 0 Å². The highest BCUT2D eigenvalue weighted by atomic mass is 32.2. The molecular weight excluding hydrogens is 266 g/mol. The van der Waals surface area contributed by atoms with Gasteiger partial charge in [0.1, 0.15) is 10.1 Å². The fourth-order valence-corrected chi connectivity index (χ4v) is 2.80. The number of methoxy groups -OCH3 is 1. The van der Waals surface area contributed by atoms with Crippen LogP contribution < -0.4 is 4.74 Å². The van der Waals surface area contributed by atoms with Gasteiger partial charge in [-0.05, 0) is 30.2 Å². The molecule has 1 saturated heterocycles. The van der Waals surface area contributed by atoms with Gasteiger partial charge in [0.25, 0.3) is 5.91 Å². The van der Waals surface area contributed by atoms with Crippen molar-refractivity contribution in [3.05, 3.63) is 34.2 Å². The summed E-state index contributed by atoms with van der Waals surface area (Å²) in [5.41, 5.74) is 2.00. The average Bonchev–Trinajstić information content (AvgIpc) is 2.59. The largest absolute Gasteiger partial charge is 0.496 e. The maximum atomic E-state index is 11.9. The van der Waals surface area contributed by atoms with Gasteiger partial charge in [0.15, 0.2) is 0 Å². The number of ether oxygens (including phenoxy) is 1. The molecule has 1 aromatic rings. The van der Waals surface area contributed by atoms with E-state index in [0.717, 1.165) is 16.9 Å². The third-order valence-corrected chi connectivity index (χ3v) is 4.20. The fraction of sp³-hybridized carbons (Fsp3) is 0.231. The van der Waals surface area contributed by atoms with Crippen molar-refractivity contribution >= 4 is 40.3 Å². The van der Waals surface area contributed by atoms with Gasteiger partial charge >= 0.3 is 0 Å². The number of hydrogen-bond acceptors (Lipinski definition) is 4. The third-order valence-electron chi connectivity index (χ3n) is 2.72. The molecule has 1 aliphatic rings. The first-order valence-corrected chi connectivity index (χ1v) is 6.61. The van der Waals surface area contributed by atoms with Crippen molar-refractivity contribution in [2.24, 2.45) is 0 Å². The van der Waals surface area contributed by atoms with Crippen molar-refractivity contribution in [2.45, 2.75) is 6.92 Å². The minimum absolute atomic E-state index is 0.0514. The minimum Gasteiger partial charge on any atom is -0.496 e. The average molecular weight is 279 g/mol. The number of amides is 1. The number of nitrogens with zero attached hydrogens (tertiary/aromatic N) is 1. The summed E-state index contributed by atoms with van der Waals surface area (Å²) >= 11 is 6.41. The van der Waals surface area contributed by atoms with Crippen molar-refractivity contribution in [3.8, 4) is 5.75 Å². The Morgan fingerprint density at radius 1 is 1.44 bits per heavy atom. The summed E-state index contributed by atoms with van der Waals surface area (Å²) < 4.78 is 5.85. The van der Waals surface area contributed by atoms with E-state index in [1.807, 2.05) is 31.2 Å². The molecule has 1 aromatic carbocycles. The number of aryl methyl sites for hydroxylation is 1. The normalized spacial score (nSPS) is 17.7. The molecule has 2 rings (SSSR count). The molecule has 0 aliphatic carbocycles. The molecule has 0 atom stereocenters. The summed E-state index contributed by atoms with van der Waals surface area (Å²) in [7, 11) is 3.33. The Morgan fingerprint density at radius 2 is 2.17 bits per heavy atom. The van der Waals surface area contributed by atoms with Crippen molar-refractivity contribution in [2.75, 3.05) is 14.2 Å². The number of thioether (sulfide) groups is 1. The van der Waals surface area contributed by atoms with Gasteiger partial charge in [0.2, 0.25) is 0 Å². The zero-order chi connectivity index (χ0) is 13.3. The van der Waals surface area contributed by atoms with Crippen LogP contribution in [0.5, 0.6) is 5.75 Å². The van der Waals surface area contributed by atoms with Gasteiger partial charge in [-0.25, -0.2) is 0 Å². The summed E-state index contributed by atoms with van der Waals surface area (Å²) in [6.07, 6.45) is 1.84. The van der Waals surface area contributed by atoms with Gasteiger partial charge in [0, 0.05) is 7.05 Å². The maximum absolute atomic E-state index is 11.9. The number of carbonyl (C=O) groups is 1. The number of likely N-dealkylation sites (N-methyl/N-ethyl adjacent to an activating group) is 1. The summed E-state index contributed by atoms with van der Waals surface area (Å²) in [6.45, 7) is 1.98. The monoisotopic (exact) mass is 279 g/mol. The summed E-state index contributed by atoms with van der Waals surface area (Å²) in [5.74, 6) is 0.764. The third kappa shape index (κ3) is 2.42. The van der Waals surface area contributed by atoms with Gasteiger partial charge in [-0.2, -0.15) is 0 Å². The lowest BCUT2D eigenvalue weighted by Crippen LogP contribution is -2.22. The van der Waals surface area contributed by atoms with Crippen LogP contribution in [0.3, 0.4) is 0 Å². The Kier molecular flexibility index (Phi) is 3.73. The van der Waals surface area contributed by atoms with Crippen LogP contribution in [0.15, 0.2) is 23.1 Å². The predicted octanol–water partition coefficient (Wildman–Crippen LogP) is 2.83. The van der Waals surface area contributed by atoms with Crippen molar-refractivity contribution < 1.29 is 9.53 Å². The standard InChI is InChI=1S/C13H13NO2S2/c1-8-4-5-9(6-10(8)16-3)7-11-12(15)14(2)13(17)18-11/h4-7H,1-3H3/b11-7-. The summed E-state index contributed by atoms with van der Waals surface area (Å²) in [4.78, 5) is 14.0. The molecule has 1 fully saturated rings. The van der Waals surface area contributed by atoms with Gasteiger partial charge in [0.05, 0.1) is 12.0 Å². The number of benzene rings is 1. The van der Waals surface area contributed by atoms with Crippen molar-refractivity contribution in [1.82, 2.24) is 4.90 Å². The minimum atomic E-state index is -0.0514. The number of carbonyl (C=O) groups excluding carboxylic acids is 1. The SMILES string of the molecule is COc1cc(/C=C2\SC(=S)N(C)C2=O)ccc1C. The molecule has 0 radical (unpaired) electrons. The van der Waals surface area contributed by atoms with Gasteiger partial charge < -0.3 is 4.74 Å². The van der Waals surface area contributed by atoms with Crippen molar-refractivity contribution in [3.63, 3.8) is 0 Å². The van der Waals surface area contributed by atoms with Crippen molar-refractivity contribution in [1.29, 1.82) is 0 Å². The van der Waals surface area contributed by atoms with Gasteiger partial charge in [-0.15, -0.1) is 0 Å². The van der Waals surface area contributed by atoms with E-state index in [-0.39, 0.29) is 5.91 Å².